The number of alkyl halides is 3. The smallest absolute Gasteiger partial charge is 0.340 e. The normalized spacial score (nSPS) is 14.8. The van der Waals surface area contributed by atoms with Gasteiger partial charge in [0, 0.05) is 11.8 Å². The van der Waals surface area contributed by atoms with E-state index in [1.165, 1.54) is 0 Å². The van der Waals surface area contributed by atoms with Crippen molar-refractivity contribution >= 4 is 40.8 Å². The van der Waals surface area contributed by atoms with Crippen LogP contribution in [0, 0.1) is 0 Å². The van der Waals surface area contributed by atoms with Crippen LogP contribution in [0.15, 0.2) is 0 Å². The van der Waals surface area contributed by atoms with Gasteiger partial charge in [0.1, 0.15) is 0 Å². The Balaban J connectivity index is 4.00. The quantitative estimate of drug-likeness (QED) is 0.718. The summed E-state index contributed by atoms with van der Waals surface area (Å²) in [6.07, 6.45) is 0.0347. The number of carbonyl (C=O) groups is 1. The van der Waals surface area contributed by atoms with E-state index >= 15 is 0 Å². The molecular weight excluding hydrogens is 198 g/mol. The lowest BCUT2D eigenvalue weighted by Gasteiger charge is -2.14. The maximum atomic E-state index is 10.2. The minimum atomic E-state index is -1.75. The molecule has 0 amide bonds. The molecule has 0 spiro atoms. The van der Waals surface area contributed by atoms with Gasteiger partial charge in [-0.3, -0.25) is 0 Å². The molecule has 1 N–H and O–H groups in total. The topological polar surface area (TPSA) is 37.3 Å². The van der Waals surface area contributed by atoms with Crippen LogP contribution in [0.25, 0.3) is 0 Å². The number of carboxylic acid groups (broad SMARTS) is 1. The first-order chi connectivity index (χ1) is 4.36. The second-order valence-corrected chi connectivity index (χ2v) is 4.22. The number of rotatable bonds is 3. The highest BCUT2D eigenvalue weighted by Gasteiger charge is 2.34. The molecule has 1 atom stereocenters. The SMILES string of the molecule is CC(Cl)CC(Cl)(Cl)C(=O)O. The zero-order valence-electron chi connectivity index (χ0n) is 5.27. The molecule has 5 heteroatoms. The van der Waals surface area contributed by atoms with E-state index in [-0.39, 0.29) is 11.8 Å². The van der Waals surface area contributed by atoms with Gasteiger partial charge in [-0.25, -0.2) is 4.79 Å². The molecule has 0 saturated heterocycles. The third-order valence-electron chi connectivity index (χ3n) is 0.851. The summed E-state index contributed by atoms with van der Waals surface area (Å²) in [5, 5.41) is 8.03. The van der Waals surface area contributed by atoms with Gasteiger partial charge in [0.25, 0.3) is 0 Å². The molecule has 0 rings (SSSR count). The van der Waals surface area contributed by atoms with Crippen LogP contribution < -0.4 is 0 Å². The Morgan fingerprint density at radius 2 is 2.10 bits per heavy atom. The van der Waals surface area contributed by atoms with E-state index in [1.807, 2.05) is 0 Å². The summed E-state index contributed by atoms with van der Waals surface area (Å²) in [4.78, 5) is 10.2. The largest absolute Gasteiger partial charge is 0.479 e. The van der Waals surface area contributed by atoms with Crippen molar-refractivity contribution in [2.45, 2.75) is 23.1 Å². The molecular formula is C5H7Cl3O2. The second-order valence-electron chi connectivity index (χ2n) is 1.99. The predicted molar refractivity (Wildman–Crippen MR) is 42.0 cm³/mol. The van der Waals surface area contributed by atoms with Gasteiger partial charge in [-0.15, -0.1) is 11.6 Å². The maximum Gasteiger partial charge on any atom is 0.340 e. The molecule has 0 bridgehead atoms. The van der Waals surface area contributed by atoms with Crippen LogP contribution in [0.1, 0.15) is 13.3 Å². The number of carboxylic acids is 1. The first-order valence-corrected chi connectivity index (χ1v) is 3.81. The van der Waals surface area contributed by atoms with E-state index in [0.717, 1.165) is 0 Å². The zero-order valence-corrected chi connectivity index (χ0v) is 7.54. The summed E-state index contributed by atoms with van der Waals surface area (Å²) in [7, 11) is 0. The third kappa shape index (κ3) is 3.49. The highest BCUT2D eigenvalue weighted by Crippen LogP contribution is 2.28. The Hall–Kier alpha value is 0.340. The first kappa shape index (κ1) is 10.3. The Bertz CT molecular complexity index is 133. The van der Waals surface area contributed by atoms with Crippen molar-refractivity contribution in [3.63, 3.8) is 0 Å². The van der Waals surface area contributed by atoms with Gasteiger partial charge >= 0.3 is 5.97 Å². The Labute approximate surface area is 74.1 Å². The Morgan fingerprint density at radius 1 is 1.70 bits per heavy atom. The van der Waals surface area contributed by atoms with Gasteiger partial charge in [-0.2, -0.15) is 0 Å². The molecule has 10 heavy (non-hydrogen) atoms. The summed E-state index contributed by atoms with van der Waals surface area (Å²) in [5.41, 5.74) is 0. The molecule has 0 aliphatic carbocycles. The van der Waals surface area contributed by atoms with E-state index < -0.39 is 10.3 Å². The van der Waals surface area contributed by atoms with Crippen molar-refractivity contribution in [2.24, 2.45) is 0 Å². The fraction of sp³-hybridized carbons (Fsp3) is 0.800. The summed E-state index contributed by atoms with van der Waals surface area (Å²) in [6.45, 7) is 1.63. The number of aliphatic carboxylic acids is 1. The first-order valence-electron chi connectivity index (χ1n) is 2.61. The van der Waals surface area contributed by atoms with E-state index in [0.29, 0.717) is 0 Å². The van der Waals surface area contributed by atoms with Crippen LogP contribution in [0.3, 0.4) is 0 Å². The van der Waals surface area contributed by atoms with Crippen LogP contribution in [0.5, 0.6) is 0 Å². The third-order valence-corrected chi connectivity index (χ3v) is 1.64. The molecule has 0 aliphatic heterocycles. The molecule has 60 valence electrons. The standard InChI is InChI=1S/C5H7Cl3O2/c1-3(6)2-5(7,8)4(9)10/h3H,2H2,1H3,(H,9,10). The van der Waals surface area contributed by atoms with Crippen LogP contribution in [0.4, 0.5) is 0 Å². The van der Waals surface area contributed by atoms with Crippen molar-refractivity contribution in [3.05, 3.63) is 0 Å². The van der Waals surface area contributed by atoms with Gasteiger partial charge in [0.05, 0.1) is 0 Å². The Morgan fingerprint density at radius 3 is 2.20 bits per heavy atom. The van der Waals surface area contributed by atoms with Gasteiger partial charge in [0.15, 0.2) is 0 Å². The number of hydrogen-bond acceptors (Lipinski definition) is 1. The zero-order chi connectivity index (χ0) is 8.36. The van der Waals surface area contributed by atoms with Crippen molar-refractivity contribution in [1.29, 1.82) is 0 Å². The van der Waals surface area contributed by atoms with E-state index in [9.17, 15) is 4.79 Å². The van der Waals surface area contributed by atoms with E-state index in [4.69, 9.17) is 39.9 Å². The molecule has 1 unspecified atom stereocenters. The lowest BCUT2D eigenvalue weighted by atomic mass is 10.2. The minimum Gasteiger partial charge on any atom is -0.479 e. The minimum absolute atomic E-state index is 0.0347. The molecule has 0 aromatic heterocycles. The van der Waals surface area contributed by atoms with Crippen LogP contribution in [0.2, 0.25) is 0 Å². The number of halogens is 3. The van der Waals surface area contributed by atoms with Crippen molar-refractivity contribution in [3.8, 4) is 0 Å². The monoisotopic (exact) mass is 204 g/mol. The Kier molecular flexibility index (Phi) is 3.77. The average Bonchev–Trinajstić information content (AvgIpc) is 1.60. The van der Waals surface area contributed by atoms with Crippen molar-refractivity contribution in [2.75, 3.05) is 0 Å². The van der Waals surface area contributed by atoms with Gasteiger partial charge in [-0.05, 0) is 6.92 Å². The average molecular weight is 205 g/mol. The van der Waals surface area contributed by atoms with E-state index in [1.54, 1.807) is 6.92 Å². The highest BCUT2D eigenvalue weighted by atomic mass is 35.5. The lowest BCUT2D eigenvalue weighted by Crippen LogP contribution is -2.27. The molecule has 0 aliphatic rings. The van der Waals surface area contributed by atoms with Crippen molar-refractivity contribution in [1.82, 2.24) is 0 Å². The molecule has 0 radical (unpaired) electrons. The fourth-order valence-electron chi connectivity index (χ4n) is 0.441. The van der Waals surface area contributed by atoms with Crippen LogP contribution in [-0.2, 0) is 4.79 Å². The summed E-state index contributed by atoms with van der Waals surface area (Å²) >= 11 is 16.2. The van der Waals surface area contributed by atoms with E-state index in [2.05, 4.69) is 0 Å². The molecule has 0 fully saturated rings. The maximum absolute atomic E-state index is 10.2. The van der Waals surface area contributed by atoms with Crippen molar-refractivity contribution < 1.29 is 9.90 Å². The van der Waals surface area contributed by atoms with Crippen LogP contribution >= 0.6 is 34.8 Å². The molecule has 2 nitrogen and oxygen atoms in total. The summed E-state index contributed by atoms with van der Waals surface area (Å²) < 4.78 is -1.75. The fourth-order valence-corrected chi connectivity index (χ4v) is 1.29. The second kappa shape index (κ2) is 3.65. The van der Waals surface area contributed by atoms with Gasteiger partial charge in [-0.1, -0.05) is 23.2 Å². The molecule has 0 aromatic carbocycles. The molecule has 0 heterocycles. The van der Waals surface area contributed by atoms with Gasteiger partial charge in [0.2, 0.25) is 4.33 Å². The van der Waals surface area contributed by atoms with Gasteiger partial charge < -0.3 is 5.11 Å². The molecule has 0 aromatic rings. The number of hydrogen-bond donors (Lipinski definition) is 1. The molecule has 0 saturated carbocycles. The summed E-state index contributed by atoms with van der Waals surface area (Å²) in [5.74, 6) is -1.26. The lowest BCUT2D eigenvalue weighted by molar-refractivity contribution is -0.137. The summed E-state index contributed by atoms with van der Waals surface area (Å²) in [6, 6.07) is 0. The van der Waals surface area contributed by atoms with Crippen LogP contribution in [-0.4, -0.2) is 20.8 Å². The predicted octanol–water partition coefficient (Wildman–Crippen LogP) is 2.26. The highest BCUT2D eigenvalue weighted by molar-refractivity contribution is 6.57.